The van der Waals surface area contributed by atoms with Crippen molar-refractivity contribution in [2.75, 3.05) is 19.0 Å². The van der Waals surface area contributed by atoms with E-state index in [1.807, 2.05) is 0 Å². The van der Waals surface area contributed by atoms with E-state index in [-0.39, 0.29) is 18.3 Å². The van der Waals surface area contributed by atoms with E-state index in [1.54, 1.807) is 54.8 Å². The third-order valence-electron chi connectivity index (χ3n) is 5.56. The van der Waals surface area contributed by atoms with Gasteiger partial charge in [-0.25, -0.2) is 14.9 Å². The third-order valence-corrected chi connectivity index (χ3v) is 5.56. The zero-order valence-corrected chi connectivity index (χ0v) is 20.0. The molecule has 6 nitrogen and oxygen atoms in total. The molecule has 0 aliphatic heterocycles. The lowest BCUT2D eigenvalue weighted by atomic mass is 9.99. The Kier molecular flexibility index (Phi) is 7.74. The number of carbonyl (C=O) groups is 1. The lowest BCUT2D eigenvalue weighted by Gasteiger charge is -2.15. The summed E-state index contributed by atoms with van der Waals surface area (Å²) in [5.41, 5.74) is 1.52. The SMILES string of the molecule is CNOC/C=C(\c1ccccc1)c1ccc2nc(NC(=O)C(F)(F)F)c(-c3ccc(F)cc3C(F)(F)F)n2c1. The topological polar surface area (TPSA) is 67.7 Å². The summed E-state index contributed by atoms with van der Waals surface area (Å²) in [6, 6.07) is 13.5. The normalized spacial score (nSPS) is 12.7. The molecule has 13 heteroatoms. The number of carbonyl (C=O) groups excluding carboxylic acids is 1. The molecule has 0 unspecified atom stereocenters. The molecule has 0 aliphatic carbocycles. The molecule has 0 saturated carbocycles. The van der Waals surface area contributed by atoms with Gasteiger partial charge >= 0.3 is 18.3 Å². The van der Waals surface area contributed by atoms with Gasteiger partial charge in [0.2, 0.25) is 0 Å². The number of amides is 1. The minimum atomic E-state index is -5.34. The summed E-state index contributed by atoms with van der Waals surface area (Å²) in [5, 5.41) is 1.55. The molecule has 0 bridgehead atoms. The number of fused-ring (bicyclic) bond motifs is 1. The van der Waals surface area contributed by atoms with Gasteiger partial charge in [-0.2, -0.15) is 26.3 Å². The van der Waals surface area contributed by atoms with Crippen LogP contribution < -0.4 is 10.8 Å². The lowest BCUT2D eigenvalue weighted by molar-refractivity contribution is -0.167. The van der Waals surface area contributed by atoms with Gasteiger partial charge in [0, 0.05) is 18.8 Å². The van der Waals surface area contributed by atoms with Gasteiger partial charge in [-0.15, -0.1) is 0 Å². The van der Waals surface area contributed by atoms with Crippen LogP contribution in [0.2, 0.25) is 0 Å². The second kappa shape index (κ2) is 10.9. The Hall–Kier alpha value is -4.23. The predicted molar refractivity (Wildman–Crippen MR) is 129 cm³/mol. The van der Waals surface area contributed by atoms with Crippen molar-refractivity contribution in [3.05, 3.63) is 95.4 Å². The van der Waals surface area contributed by atoms with E-state index in [9.17, 15) is 35.5 Å². The number of nitrogens with zero attached hydrogens (tertiary/aromatic N) is 2. The van der Waals surface area contributed by atoms with E-state index < -0.39 is 46.7 Å². The third kappa shape index (κ3) is 6.10. The van der Waals surface area contributed by atoms with Crippen LogP contribution in [0.1, 0.15) is 16.7 Å². The maximum Gasteiger partial charge on any atom is 0.471 e. The van der Waals surface area contributed by atoms with Crippen molar-refractivity contribution < 1.29 is 40.4 Å². The standard InChI is InChI=1S/C26H19F7N4O2/c1-34-39-12-11-18(15-5-3-2-4-6-15)16-7-10-21-35-23(36-24(38)26(31,32)33)22(37(21)14-16)19-9-8-17(27)13-20(19)25(28,29)30/h2-11,13-14,34H,12H2,1H3,(H,36,38)/b18-11+. The highest BCUT2D eigenvalue weighted by Gasteiger charge is 2.41. The Morgan fingerprint density at radius 1 is 1.00 bits per heavy atom. The number of aromatic nitrogens is 2. The molecule has 0 atom stereocenters. The Bertz CT molecular complexity index is 1530. The van der Waals surface area contributed by atoms with Crippen LogP contribution in [0.4, 0.5) is 36.6 Å². The molecule has 0 saturated heterocycles. The fourth-order valence-corrected chi connectivity index (χ4v) is 3.91. The van der Waals surface area contributed by atoms with Crippen molar-refractivity contribution in [2.24, 2.45) is 0 Å². The van der Waals surface area contributed by atoms with Crippen molar-refractivity contribution in [3.63, 3.8) is 0 Å². The summed E-state index contributed by atoms with van der Waals surface area (Å²) < 4.78 is 95.8. The van der Waals surface area contributed by atoms with Crippen LogP contribution in [0.3, 0.4) is 0 Å². The monoisotopic (exact) mass is 552 g/mol. The van der Waals surface area contributed by atoms with Crippen LogP contribution in [0.25, 0.3) is 22.5 Å². The number of benzene rings is 2. The van der Waals surface area contributed by atoms with Gasteiger partial charge in [-0.3, -0.25) is 14.0 Å². The summed E-state index contributed by atoms with van der Waals surface area (Å²) in [7, 11) is 1.55. The molecule has 0 radical (unpaired) electrons. The smallest absolute Gasteiger partial charge is 0.301 e. The number of alkyl halides is 6. The average molecular weight is 552 g/mol. The van der Waals surface area contributed by atoms with Gasteiger partial charge < -0.3 is 5.32 Å². The Labute approximate surface area is 216 Å². The number of rotatable bonds is 7. The molecule has 0 aliphatic rings. The summed E-state index contributed by atoms with van der Waals surface area (Å²) >= 11 is 0. The van der Waals surface area contributed by atoms with Gasteiger partial charge in [0.05, 0.1) is 17.9 Å². The van der Waals surface area contributed by atoms with Crippen molar-refractivity contribution >= 4 is 22.9 Å². The van der Waals surface area contributed by atoms with Crippen molar-refractivity contribution in [1.29, 1.82) is 0 Å². The zero-order valence-electron chi connectivity index (χ0n) is 20.0. The van der Waals surface area contributed by atoms with Gasteiger partial charge in [0.1, 0.15) is 11.5 Å². The van der Waals surface area contributed by atoms with Crippen molar-refractivity contribution in [3.8, 4) is 11.3 Å². The van der Waals surface area contributed by atoms with Crippen molar-refractivity contribution in [2.45, 2.75) is 12.4 Å². The zero-order chi connectivity index (χ0) is 28.4. The second-order valence-electron chi connectivity index (χ2n) is 8.09. The van der Waals surface area contributed by atoms with Crippen LogP contribution in [0.15, 0.2) is 72.9 Å². The molecule has 204 valence electrons. The largest absolute Gasteiger partial charge is 0.471 e. The number of halogens is 7. The van der Waals surface area contributed by atoms with Crippen LogP contribution in [0, 0.1) is 5.82 Å². The summed E-state index contributed by atoms with van der Waals surface area (Å²) in [4.78, 5) is 20.9. The maximum absolute atomic E-state index is 13.9. The predicted octanol–water partition coefficient (Wildman–Crippen LogP) is 6.24. The minimum Gasteiger partial charge on any atom is -0.301 e. The van der Waals surface area contributed by atoms with Gasteiger partial charge in [-0.05, 0) is 53.1 Å². The van der Waals surface area contributed by atoms with E-state index in [1.165, 1.54) is 12.3 Å². The fraction of sp³-hybridized carbons (Fsp3) is 0.154. The molecule has 1 amide bonds. The molecule has 4 aromatic rings. The molecule has 0 spiro atoms. The van der Waals surface area contributed by atoms with E-state index in [2.05, 4.69) is 10.5 Å². The Morgan fingerprint density at radius 2 is 1.72 bits per heavy atom. The van der Waals surface area contributed by atoms with Crippen LogP contribution in [0.5, 0.6) is 0 Å². The lowest BCUT2D eigenvalue weighted by Crippen LogP contribution is -2.30. The number of hydrogen-bond acceptors (Lipinski definition) is 4. The first-order valence-corrected chi connectivity index (χ1v) is 11.2. The molecule has 2 aromatic carbocycles. The maximum atomic E-state index is 13.9. The number of hydroxylamine groups is 1. The van der Waals surface area contributed by atoms with Crippen LogP contribution in [-0.2, 0) is 15.8 Å². The first-order chi connectivity index (χ1) is 18.4. The van der Waals surface area contributed by atoms with E-state index in [0.717, 1.165) is 16.5 Å². The molecule has 2 heterocycles. The van der Waals surface area contributed by atoms with Gasteiger partial charge in [0.15, 0.2) is 5.82 Å². The molecule has 2 N–H and O–H groups in total. The average Bonchev–Trinajstić information content (AvgIpc) is 3.23. The van der Waals surface area contributed by atoms with Gasteiger partial charge in [0.25, 0.3) is 0 Å². The second-order valence-corrected chi connectivity index (χ2v) is 8.09. The molecular formula is C26H19F7N4O2. The summed E-state index contributed by atoms with van der Waals surface area (Å²) in [5.74, 6) is -4.42. The quantitative estimate of drug-likeness (QED) is 0.162. The Balaban J connectivity index is 1.99. The first-order valence-electron chi connectivity index (χ1n) is 11.2. The first kappa shape index (κ1) is 27.8. The molecule has 4 rings (SSSR count). The Morgan fingerprint density at radius 3 is 2.36 bits per heavy atom. The minimum absolute atomic E-state index is 0.0671. The van der Waals surface area contributed by atoms with E-state index in [0.29, 0.717) is 16.7 Å². The number of pyridine rings is 1. The highest BCUT2D eigenvalue weighted by atomic mass is 19.4. The number of nitrogens with one attached hydrogen (secondary N) is 2. The summed E-state index contributed by atoms with van der Waals surface area (Å²) in [6.07, 6.45) is -7.37. The molecular weight excluding hydrogens is 533 g/mol. The summed E-state index contributed by atoms with van der Waals surface area (Å²) in [6.45, 7) is 0.0959. The highest BCUT2D eigenvalue weighted by molar-refractivity contribution is 5.98. The van der Waals surface area contributed by atoms with E-state index >= 15 is 0 Å². The molecule has 2 aromatic heterocycles. The van der Waals surface area contributed by atoms with Crippen molar-refractivity contribution in [1.82, 2.24) is 14.9 Å². The van der Waals surface area contributed by atoms with E-state index in [4.69, 9.17) is 4.84 Å². The number of anilines is 1. The number of imidazole rings is 1. The number of hydrogen-bond donors (Lipinski definition) is 2. The van der Waals surface area contributed by atoms with Crippen LogP contribution >= 0.6 is 0 Å². The van der Waals surface area contributed by atoms with Crippen LogP contribution in [-0.4, -0.2) is 35.1 Å². The van der Waals surface area contributed by atoms with Gasteiger partial charge in [-0.1, -0.05) is 30.3 Å². The highest BCUT2D eigenvalue weighted by Crippen LogP contribution is 2.41. The fourth-order valence-electron chi connectivity index (χ4n) is 3.91. The molecule has 0 fully saturated rings. The molecule has 39 heavy (non-hydrogen) atoms.